The number of aryl methyl sites for hydroxylation is 1. The summed E-state index contributed by atoms with van der Waals surface area (Å²) in [6, 6.07) is 17.8. The Morgan fingerprint density at radius 3 is 2.68 bits per heavy atom. The number of fused-ring (bicyclic) bond motifs is 1. The Hall–Kier alpha value is -4.76. The quantitative estimate of drug-likeness (QED) is 0.224. The van der Waals surface area contributed by atoms with Gasteiger partial charge in [0, 0.05) is 11.3 Å². The number of para-hydroxylation sites is 1. The first-order valence-corrected chi connectivity index (χ1v) is 12.0. The lowest BCUT2D eigenvalue weighted by Gasteiger charge is -2.18. The Morgan fingerprint density at radius 2 is 1.92 bits per heavy atom. The predicted molar refractivity (Wildman–Crippen MR) is 147 cm³/mol. The number of phenolic OH excluding ortho intramolecular Hbond substituents is 1. The molecule has 3 aromatic carbocycles. The molecular weight excluding hydrogens is 507 g/mol. The molecule has 0 spiro atoms. The first kappa shape index (κ1) is 24.9. The normalized spacial score (nSPS) is 11.0. The van der Waals surface area contributed by atoms with Gasteiger partial charge in [0.25, 0.3) is 5.56 Å². The number of phenols is 1. The Balaban J connectivity index is 1.61. The van der Waals surface area contributed by atoms with Crippen LogP contribution in [0, 0.1) is 18.2 Å². The molecule has 5 rings (SSSR count). The number of hydrogen-bond acceptors (Lipinski definition) is 7. The van der Waals surface area contributed by atoms with E-state index in [1.165, 1.54) is 29.1 Å². The predicted octanol–water partition coefficient (Wildman–Crippen LogP) is 5.20. The molecule has 5 aromatic rings. The third-order valence-electron chi connectivity index (χ3n) is 6.22. The molecule has 0 aliphatic heterocycles. The largest absolute Gasteiger partial charge is 0.506 e. The van der Waals surface area contributed by atoms with E-state index in [1.54, 1.807) is 24.3 Å². The van der Waals surface area contributed by atoms with Crippen LogP contribution in [0.25, 0.3) is 16.5 Å². The lowest BCUT2D eigenvalue weighted by atomic mass is 10.0. The number of nitrogens with two attached hydrogens (primary N) is 1. The summed E-state index contributed by atoms with van der Waals surface area (Å²) in [6.07, 6.45) is 1.25. The van der Waals surface area contributed by atoms with Gasteiger partial charge < -0.3 is 16.2 Å². The van der Waals surface area contributed by atoms with Crippen LogP contribution in [0.2, 0.25) is 5.02 Å². The number of halogens is 2. The first-order valence-electron chi connectivity index (χ1n) is 11.6. The fourth-order valence-corrected chi connectivity index (χ4v) is 4.50. The van der Waals surface area contributed by atoms with Gasteiger partial charge in [0.2, 0.25) is 0 Å². The number of pyridine rings is 1. The van der Waals surface area contributed by atoms with Crippen molar-refractivity contribution in [1.29, 1.82) is 5.41 Å². The maximum absolute atomic E-state index is 14.9. The molecule has 190 valence electrons. The van der Waals surface area contributed by atoms with E-state index in [1.807, 2.05) is 31.2 Å². The molecule has 0 unspecified atom stereocenters. The van der Waals surface area contributed by atoms with Crippen molar-refractivity contribution in [1.82, 2.24) is 14.5 Å². The van der Waals surface area contributed by atoms with E-state index in [-0.39, 0.29) is 51.5 Å². The van der Waals surface area contributed by atoms with Gasteiger partial charge in [-0.25, -0.2) is 14.4 Å². The second-order valence-electron chi connectivity index (χ2n) is 8.64. The highest BCUT2D eigenvalue weighted by atomic mass is 35.5. The molecule has 2 heterocycles. The standard InChI is InChI=1S/C28H22ClFN6O2/c1-15-5-4-6-16-11-18(36(28(38)23(15)16)21-8-3-2-7-20(21)30)13-33-27-24(26(32)34-14-35-27)25(31)17-9-10-19(29)22(37)12-17/h2-12,14,31,37H,13H2,1H3,(H3,32,33,34,35). The van der Waals surface area contributed by atoms with Crippen molar-refractivity contribution in [3.63, 3.8) is 0 Å². The van der Waals surface area contributed by atoms with Crippen molar-refractivity contribution in [2.45, 2.75) is 13.5 Å². The van der Waals surface area contributed by atoms with Gasteiger partial charge in [-0.05, 0) is 48.2 Å². The molecule has 0 atom stereocenters. The molecule has 0 bridgehead atoms. The van der Waals surface area contributed by atoms with E-state index in [4.69, 9.17) is 22.7 Å². The Bertz CT molecular complexity index is 1790. The lowest BCUT2D eigenvalue weighted by molar-refractivity contribution is 0.475. The van der Waals surface area contributed by atoms with E-state index in [2.05, 4.69) is 15.3 Å². The Labute approximate surface area is 221 Å². The van der Waals surface area contributed by atoms with E-state index in [0.717, 1.165) is 5.56 Å². The summed E-state index contributed by atoms with van der Waals surface area (Å²) < 4.78 is 16.2. The third-order valence-corrected chi connectivity index (χ3v) is 6.54. The van der Waals surface area contributed by atoms with Crippen LogP contribution in [0.5, 0.6) is 5.75 Å². The second kappa shape index (κ2) is 9.95. The van der Waals surface area contributed by atoms with Crippen molar-refractivity contribution in [2.75, 3.05) is 11.1 Å². The summed E-state index contributed by atoms with van der Waals surface area (Å²) in [7, 11) is 0. The number of nitrogens with one attached hydrogen (secondary N) is 2. The van der Waals surface area contributed by atoms with Gasteiger partial charge in [0.1, 0.15) is 29.5 Å². The van der Waals surface area contributed by atoms with Gasteiger partial charge >= 0.3 is 0 Å². The minimum atomic E-state index is -0.542. The topological polar surface area (TPSA) is 130 Å². The van der Waals surface area contributed by atoms with Crippen LogP contribution in [0.15, 0.2) is 77.9 Å². The summed E-state index contributed by atoms with van der Waals surface area (Å²) in [5, 5.41) is 23.2. The van der Waals surface area contributed by atoms with Crippen molar-refractivity contribution in [3.05, 3.63) is 117 Å². The van der Waals surface area contributed by atoms with Crippen LogP contribution in [-0.2, 0) is 6.54 Å². The lowest BCUT2D eigenvalue weighted by Crippen LogP contribution is -2.25. The molecule has 10 heteroatoms. The maximum atomic E-state index is 14.9. The maximum Gasteiger partial charge on any atom is 0.263 e. The number of rotatable bonds is 6. The number of aromatic nitrogens is 3. The molecule has 0 amide bonds. The molecule has 38 heavy (non-hydrogen) atoms. The average molecular weight is 529 g/mol. The van der Waals surface area contributed by atoms with Crippen LogP contribution in [-0.4, -0.2) is 25.4 Å². The summed E-state index contributed by atoms with van der Waals surface area (Å²) in [5.41, 5.74) is 7.65. The third kappa shape index (κ3) is 4.44. The Kier molecular flexibility index (Phi) is 6.52. The highest BCUT2D eigenvalue weighted by Crippen LogP contribution is 2.28. The number of nitrogens with zero attached hydrogens (tertiary/aromatic N) is 3. The number of anilines is 2. The highest BCUT2D eigenvalue weighted by molar-refractivity contribution is 6.32. The van der Waals surface area contributed by atoms with Gasteiger partial charge in [0.05, 0.1) is 33.9 Å². The van der Waals surface area contributed by atoms with Crippen LogP contribution in [0.3, 0.4) is 0 Å². The molecule has 0 fully saturated rings. The van der Waals surface area contributed by atoms with Gasteiger partial charge in [0.15, 0.2) is 0 Å². The molecule has 0 aliphatic rings. The summed E-state index contributed by atoms with van der Waals surface area (Å²) >= 11 is 5.92. The molecule has 5 N–H and O–H groups in total. The smallest absolute Gasteiger partial charge is 0.263 e. The van der Waals surface area contributed by atoms with Gasteiger partial charge in [-0.3, -0.25) is 14.8 Å². The van der Waals surface area contributed by atoms with Crippen LogP contribution < -0.4 is 16.6 Å². The van der Waals surface area contributed by atoms with Crippen molar-refractivity contribution in [3.8, 4) is 11.4 Å². The van der Waals surface area contributed by atoms with Crippen molar-refractivity contribution >= 4 is 39.7 Å². The molecule has 0 saturated heterocycles. The Morgan fingerprint density at radius 1 is 1.13 bits per heavy atom. The zero-order valence-corrected chi connectivity index (χ0v) is 20.9. The average Bonchev–Trinajstić information content (AvgIpc) is 2.89. The summed E-state index contributed by atoms with van der Waals surface area (Å²) in [6.45, 7) is 1.89. The minimum absolute atomic E-state index is 0.0433. The molecule has 0 saturated carbocycles. The summed E-state index contributed by atoms with van der Waals surface area (Å²) in [5.74, 6) is -0.448. The summed E-state index contributed by atoms with van der Waals surface area (Å²) in [4.78, 5) is 21.9. The van der Waals surface area contributed by atoms with E-state index >= 15 is 0 Å². The van der Waals surface area contributed by atoms with Crippen molar-refractivity contribution in [2.24, 2.45) is 0 Å². The van der Waals surface area contributed by atoms with E-state index in [9.17, 15) is 14.3 Å². The monoisotopic (exact) mass is 528 g/mol. The van der Waals surface area contributed by atoms with E-state index < -0.39 is 5.82 Å². The first-order chi connectivity index (χ1) is 18.3. The molecule has 0 radical (unpaired) electrons. The molecular formula is C28H22ClFN6O2. The molecule has 8 nitrogen and oxygen atoms in total. The zero-order chi connectivity index (χ0) is 27.0. The minimum Gasteiger partial charge on any atom is -0.506 e. The zero-order valence-electron chi connectivity index (χ0n) is 20.2. The van der Waals surface area contributed by atoms with Crippen LogP contribution in [0.4, 0.5) is 16.0 Å². The fraction of sp³-hybridized carbons (Fsp3) is 0.0714. The molecule has 2 aromatic heterocycles. The van der Waals surface area contributed by atoms with Gasteiger partial charge in [-0.2, -0.15) is 0 Å². The number of benzene rings is 3. The number of hydrogen-bond donors (Lipinski definition) is 4. The number of nitrogen functional groups attached to an aromatic ring is 1. The highest BCUT2D eigenvalue weighted by Gasteiger charge is 2.19. The van der Waals surface area contributed by atoms with Gasteiger partial charge in [-0.1, -0.05) is 48.0 Å². The van der Waals surface area contributed by atoms with E-state index in [0.29, 0.717) is 22.0 Å². The second-order valence-corrected chi connectivity index (χ2v) is 9.05. The fourth-order valence-electron chi connectivity index (χ4n) is 4.38. The number of aromatic hydroxyl groups is 1. The van der Waals surface area contributed by atoms with Gasteiger partial charge in [-0.15, -0.1) is 0 Å². The van der Waals surface area contributed by atoms with Crippen molar-refractivity contribution < 1.29 is 9.50 Å². The van der Waals surface area contributed by atoms with Crippen LogP contribution in [0.1, 0.15) is 22.4 Å². The SMILES string of the molecule is Cc1cccc2cc(CNc3ncnc(N)c3C(=N)c3ccc(Cl)c(O)c3)n(-c3ccccc3F)c(=O)c12. The molecule has 0 aliphatic carbocycles. The van der Waals surface area contributed by atoms with Crippen LogP contribution >= 0.6 is 11.6 Å².